The molecule has 9 heteroatoms. The van der Waals surface area contributed by atoms with Crippen molar-refractivity contribution < 1.29 is 8.78 Å². The van der Waals surface area contributed by atoms with Gasteiger partial charge in [-0.05, 0) is 32.9 Å². The molecule has 1 saturated carbocycles. The Morgan fingerprint density at radius 1 is 1.17 bits per heavy atom. The molecule has 0 spiro atoms. The predicted octanol–water partition coefficient (Wildman–Crippen LogP) is 4.24. The number of halogens is 2. The van der Waals surface area contributed by atoms with Crippen LogP contribution in [0.4, 0.5) is 14.7 Å². The first-order valence-electron chi connectivity index (χ1n) is 9.64. The lowest BCUT2D eigenvalue weighted by atomic mass is 9.88. The van der Waals surface area contributed by atoms with E-state index in [0.717, 1.165) is 33.6 Å². The van der Waals surface area contributed by atoms with E-state index in [1.807, 2.05) is 19.2 Å². The van der Waals surface area contributed by atoms with E-state index >= 15 is 0 Å². The number of pyridine rings is 1. The van der Waals surface area contributed by atoms with Gasteiger partial charge in [-0.1, -0.05) is 0 Å². The number of anilines is 1. The van der Waals surface area contributed by atoms with Crippen LogP contribution in [0.15, 0.2) is 30.7 Å². The standard InChI is InChI=1S/C20H21F2N7/c1-11(2)29-12(3)25-18-16(29)6-13(9-23-18)15-4-5-28-17(15)10-24-19(27-28)26-14-7-20(21,22)8-14/h4-6,9-11,14H,7-8H2,1-3H3,(H,26,27). The van der Waals surface area contributed by atoms with Crippen LogP contribution in [-0.2, 0) is 0 Å². The van der Waals surface area contributed by atoms with Crippen LogP contribution in [0.1, 0.15) is 38.6 Å². The Morgan fingerprint density at radius 2 is 1.97 bits per heavy atom. The quantitative estimate of drug-likeness (QED) is 0.558. The number of aryl methyl sites for hydroxylation is 1. The highest BCUT2D eigenvalue weighted by Crippen LogP contribution is 2.38. The normalized spacial score (nSPS) is 16.6. The fraction of sp³-hybridized carbons (Fsp3) is 0.400. The molecule has 1 aliphatic rings. The Labute approximate surface area is 165 Å². The molecular weight excluding hydrogens is 376 g/mol. The minimum absolute atomic E-state index is 0.181. The molecule has 0 atom stereocenters. The Kier molecular flexibility index (Phi) is 3.84. The van der Waals surface area contributed by atoms with Gasteiger partial charge in [-0.25, -0.2) is 28.2 Å². The summed E-state index contributed by atoms with van der Waals surface area (Å²) >= 11 is 0. The van der Waals surface area contributed by atoms with Gasteiger partial charge in [-0.15, -0.1) is 5.10 Å². The minimum Gasteiger partial charge on any atom is -0.350 e. The van der Waals surface area contributed by atoms with Crippen LogP contribution in [0, 0.1) is 6.92 Å². The van der Waals surface area contributed by atoms with E-state index in [4.69, 9.17) is 0 Å². The van der Waals surface area contributed by atoms with E-state index in [2.05, 4.69) is 49.8 Å². The van der Waals surface area contributed by atoms with E-state index in [9.17, 15) is 8.78 Å². The number of rotatable bonds is 4. The van der Waals surface area contributed by atoms with E-state index in [0.29, 0.717) is 5.95 Å². The third-order valence-electron chi connectivity index (χ3n) is 5.39. The highest BCUT2D eigenvalue weighted by atomic mass is 19.3. The molecule has 0 bridgehead atoms. The molecule has 0 aliphatic heterocycles. The number of nitrogens with one attached hydrogen (secondary N) is 1. The van der Waals surface area contributed by atoms with Crippen molar-refractivity contribution in [2.45, 2.75) is 51.6 Å². The lowest BCUT2D eigenvalue weighted by Gasteiger charge is -2.35. The van der Waals surface area contributed by atoms with Gasteiger partial charge in [0.1, 0.15) is 5.82 Å². The van der Waals surface area contributed by atoms with Gasteiger partial charge >= 0.3 is 0 Å². The van der Waals surface area contributed by atoms with Crippen molar-refractivity contribution in [1.82, 2.24) is 29.1 Å². The maximum absolute atomic E-state index is 13.0. The van der Waals surface area contributed by atoms with Gasteiger partial charge in [0, 0.05) is 48.4 Å². The molecule has 1 N–H and O–H groups in total. The SMILES string of the molecule is Cc1nc2ncc(-c3ccn4nc(NC5CC(F)(F)C5)ncc34)cc2n1C(C)C. The minimum atomic E-state index is -2.57. The summed E-state index contributed by atoms with van der Waals surface area (Å²) < 4.78 is 29.9. The first kappa shape index (κ1) is 18.0. The van der Waals surface area contributed by atoms with Crippen LogP contribution in [-0.4, -0.2) is 41.1 Å². The fourth-order valence-corrected chi connectivity index (χ4v) is 4.05. The molecule has 4 aromatic rings. The van der Waals surface area contributed by atoms with Crippen LogP contribution in [0.2, 0.25) is 0 Å². The number of nitrogens with zero attached hydrogens (tertiary/aromatic N) is 6. The first-order valence-corrected chi connectivity index (χ1v) is 9.64. The molecule has 0 unspecified atom stereocenters. The van der Waals surface area contributed by atoms with E-state index in [1.54, 1.807) is 16.9 Å². The molecular formula is C20H21F2N7. The fourth-order valence-electron chi connectivity index (χ4n) is 4.05. The molecule has 5 rings (SSSR count). The van der Waals surface area contributed by atoms with Gasteiger partial charge in [0.05, 0.1) is 17.2 Å². The Bertz CT molecular complexity index is 1220. The van der Waals surface area contributed by atoms with Crippen molar-refractivity contribution in [1.29, 1.82) is 0 Å². The second kappa shape index (κ2) is 6.20. The number of aromatic nitrogens is 6. The van der Waals surface area contributed by atoms with Gasteiger partial charge in [0.25, 0.3) is 5.92 Å². The monoisotopic (exact) mass is 397 g/mol. The van der Waals surface area contributed by atoms with Crippen molar-refractivity contribution in [2.75, 3.05) is 5.32 Å². The number of hydrogen-bond donors (Lipinski definition) is 1. The van der Waals surface area contributed by atoms with E-state index in [1.165, 1.54) is 0 Å². The maximum Gasteiger partial charge on any atom is 0.252 e. The van der Waals surface area contributed by atoms with Crippen LogP contribution in [0.25, 0.3) is 27.8 Å². The molecule has 150 valence electrons. The molecule has 1 fully saturated rings. The Hall–Kier alpha value is -3.10. The van der Waals surface area contributed by atoms with Crippen molar-refractivity contribution >= 4 is 22.6 Å². The van der Waals surface area contributed by atoms with E-state index < -0.39 is 5.92 Å². The number of fused-ring (bicyclic) bond motifs is 2. The Balaban J connectivity index is 1.50. The number of imidazole rings is 1. The molecule has 0 radical (unpaired) electrons. The predicted molar refractivity (Wildman–Crippen MR) is 106 cm³/mol. The third kappa shape index (κ3) is 3.01. The van der Waals surface area contributed by atoms with Gasteiger partial charge in [0.15, 0.2) is 5.65 Å². The summed E-state index contributed by atoms with van der Waals surface area (Å²) in [6, 6.07) is 4.03. The van der Waals surface area contributed by atoms with Gasteiger partial charge < -0.3 is 9.88 Å². The molecule has 7 nitrogen and oxygen atoms in total. The lowest BCUT2D eigenvalue weighted by Crippen LogP contribution is -2.44. The van der Waals surface area contributed by atoms with Gasteiger partial charge in [-0.2, -0.15) is 0 Å². The molecule has 29 heavy (non-hydrogen) atoms. The van der Waals surface area contributed by atoms with E-state index in [-0.39, 0.29) is 24.9 Å². The van der Waals surface area contributed by atoms with Crippen LogP contribution >= 0.6 is 0 Å². The highest BCUT2D eigenvalue weighted by Gasteiger charge is 2.45. The zero-order chi connectivity index (χ0) is 20.3. The van der Waals surface area contributed by atoms with Crippen LogP contribution < -0.4 is 5.32 Å². The summed E-state index contributed by atoms with van der Waals surface area (Å²) in [5, 5.41) is 7.39. The van der Waals surface area contributed by atoms with Gasteiger partial charge in [0.2, 0.25) is 5.95 Å². The van der Waals surface area contributed by atoms with Crippen molar-refractivity contribution in [3.05, 3.63) is 36.5 Å². The van der Waals surface area contributed by atoms with Crippen LogP contribution in [0.5, 0.6) is 0 Å². The summed E-state index contributed by atoms with van der Waals surface area (Å²) in [5.74, 6) is -1.29. The number of hydrogen-bond acceptors (Lipinski definition) is 5. The summed E-state index contributed by atoms with van der Waals surface area (Å²) in [6.45, 7) is 6.22. The lowest BCUT2D eigenvalue weighted by molar-refractivity contribution is -0.0794. The second-order valence-corrected chi connectivity index (χ2v) is 7.94. The maximum atomic E-state index is 13.0. The highest BCUT2D eigenvalue weighted by molar-refractivity contribution is 5.85. The first-order chi connectivity index (χ1) is 13.8. The van der Waals surface area contributed by atoms with Gasteiger partial charge in [-0.3, -0.25) is 0 Å². The third-order valence-corrected chi connectivity index (χ3v) is 5.39. The smallest absolute Gasteiger partial charge is 0.252 e. The molecule has 1 aliphatic carbocycles. The average Bonchev–Trinajstić information content (AvgIpc) is 3.19. The molecule has 4 heterocycles. The largest absolute Gasteiger partial charge is 0.350 e. The zero-order valence-electron chi connectivity index (χ0n) is 16.4. The summed E-state index contributed by atoms with van der Waals surface area (Å²) in [6.07, 6.45) is 4.98. The topological polar surface area (TPSA) is 72.9 Å². The summed E-state index contributed by atoms with van der Waals surface area (Å²) in [5.41, 5.74) is 4.44. The second-order valence-electron chi connectivity index (χ2n) is 7.94. The Morgan fingerprint density at radius 3 is 2.69 bits per heavy atom. The summed E-state index contributed by atoms with van der Waals surface area (Å²) in [7, 11) is 0. The molecule has 0 aromatic carbocycles. The van der Waals surface area contributed by atoms with Crippen molar-refractivity contribution in [3.63, 3.8) is 0 Å². The van der Waals surface area contributed by atoms with Crippen LogP contribution in [0.3, 0.4) is 0 Å². The molecule has 0 amide bonds. The average molecular weight is 397 g/mol. The molecule has 0 saturated heterocycles. The molecule has 4 aromatic heterocycles. The van der Waals surface area contributed by atoms with Crippen molar-refractivity contribution in [2.24, 2.45) is 0 Å². The zero-order valence-corrected chi connectivity index (χ0v) is 16.4. The summed E-state index contributed by atoms with van der Waals surface area (Å²) in [4.78, 5) is 13.4. The van der Waals surface area contributed by atoms with Crippen molar-refractivity contribution in [3.8, 4) is 11.1 Å². The number of alkyl halides is 2.